The largest absolute Gasteiger partial charge is 0.495 e. The van der Waals surface area contributed by atoms with Crippen molar-refractivity contribution < 1.29 is 9.53 Å². The van der Waals surface area contributed by atoms with E-state index in [9.17, 15) is 4.79 Å². The molecule has 3 nitrogen and oxygen atoms in total. The highest BCUT2D eigenvalue weighted by atomic mass is 35.5. The van der Waals surface area contributed by atoms with Gasteiger partial charge in [0.1, 0.15) is 5.75 Å². The Balaban J connectivity index is 2.66. The number of hydrogen-bond donors (Lipinski definition) is 1. The summed E-state index contributed by atoms with van der Waals surface area (Å²) in [6.45, 7) is 1.57. The Morgan fingerprint density at radius 1 is 1.56 bits per heavy atom. The van der Waals surface area contributed by atoms with Gasteiger partial charge in [-0.3, -0.25) is 4.79 Å². The van der Waals surface area contributed by atoms with E-state index in [0.29, 0.717) is 16.5 Å². The van der Waals surface area contributed by atoms with Crippen LogP contribution in [0.25, 0.3) is 6.08 Å². The van der Waals surface area contributed by atoms with E-state index >= 15 is 0 Å². The lowest BCUT2D eigenvalue weighted by atomic mass is 10.1. The number of halogens is 1. The van der Waals surface area contributed by atoms with E-state index in [1.54, 1.807) is 26.2 Å². The predicted molar refractivity (Wildman–Crippen MR) is 79.2 cm³/mol. The van der Waals surface area contributed by atoms with Gasteiger partial charge in [0.05, 0.1) is 17.8 Å². The molecule has 98 valence electrons. The molecule has 0 unspecified atom stereocenters. The van der Waals surface area contributed by atoms with E-state index < -0.39 is 0 Å². The van der Waals surface area contributed by atoms with Crippen LogP contribution in [0.4, 0.5) is 5.69 Å². The van der Waals surface area contributed by atoms with Gasteiger partial charge in [0.25, 0.3) is 0 Å². The Morgan fingerprint density at radius 2 is 2.28 bits per heavy atom. The summed E-state index contributed by atoms with van der Waals surface area (Å²) in [5, 5.41) is 0.722. The maximum absolute atomic E-state index is 10.7. The number of thioether (sulfide) groups is 1. The second-order valence-corrected chi connectivity index (χ2v) is 5.33. The van der Waals surface area contributed by atoms with Crippen molar-refractivity contribution in [3.8, 4) is 5.75 Å². The minimum absolute atomic E-state index is 0.135. The van der Waals surface area contributed by atoms with E-state index in [2.05, 4.69) is 0 Å². The van der Waals surface area contributed by atoms with Crippen molar-refractivity contribution in [2.24, 2.45) is 0 Å². The third kappa shape index (κ3) is 4.63. The van der Waals surface area contributed by atoms with Crippen molar-refractivity contribution >= 4 is 40.2 Å². The van der Waals surface area contributed by atoms with E-state index in [1.807, 2.05) is 12.2 Å². The van der Waals surface area contributed by atoms with Crippen molar-refractivity contribution in [1.82, 2.24) is 0 Å². The molecular formula is C13H16ClNO2S. The fourth-order valence-electron chi connectivity index (χ4n) is 1.37. The first-order chi connectivity index (χ1) is 8.54. The van der Waals surface area contributed by atoms with Crippen LogP contribution in [-0.2, 0) is 4.79 Å². The van der Waals surface area contributed by atoms with Gasteiger partial charge in [0.2, 0.25) is 0 Å². The molecule has 0 atom stereocenters. The van der Waals surface area contributed by atoms with Crippen molar-refractivity contribution in [2.45, 2.75) is 13.3 Å². The van der Waals surface area contributed by atoms with Crippen LogP contribution in [0.5, 0.6) is 5.75 Å². The number of hydrogen-bond acceptors (Lipinski definition) is 4. The lowest BCUT2D eigenvalue weighted by Gasteiger charge is -2.07. The molecule has 0 aliphatic carbocycles. The van der Waals surface area contributed by atoms with Gasteiger partial charge in [-0.05, 0) is 24.1 Å². The van der Waals surface area contributed by atoms with Gasteiger partial charge in [-0.25, -0.2) is 0 Å². The standard InChI is InChI=1S/C13H16ClNO2S/c1-9(16)18-6-4-3-5-10-7-13(17-2)12(15)8-11(10)14/h3,5,7-8H,4,6,15H2,1-2H3. The highest BCUT2D eigenvalue weighted by molar-refractivity contribution is 8.13. The van der Waals surface area contributed by atoms with Crippen LogP contribution < -0.4 is 10.5 Å². The Labute approximate surface area is 116 Å². The van der Waals surface area contributed by atoms with Crippen molar-refractivity contribution in [3.05, 3.63) is 28.8 Å². The summed E-state index contributed by atoms with van der Waals surface area (Å²) < 4.78 is 5.13. The highest BCUT2D eigenvalue weighted by Gasteiger charge is 2.04. The number of nitrogens with two attached hydrogens (primary N) is 1. The molecule has 0 heterocycles. The SMILES string of the molecule is COc1cc(C=CCCSC(C)=O)c(Cl)cc1N. The molecule has 0 aromatic heterocycles. The molecule has 1 rings (SSSR count). The molecule has 0 aliphatic rings. The van der Waals surface area contributed by atoms with Crippen LogP contribution in [0.2, 0.25) is 5.02 Å². The van der Waals surface area contributed by atoms with E-state index in [4.69, 9.17) is 22.1 Å². The van der Waals surface area contributed by atoms with Gasteiger partial charge in [-0.1, -0.05) is 35.5 Å². The monoisotopic (exact) mass is 285 g/mol. The number of benzene rings is 1. The number of carbonyl (C=O) groups is 1. The first-order valence-corrected chi connectivity index (χ1v) is 6.84. The van der Waals surface area contributed by atoms with Crippen LogP contribution in [0.3, 0.4) is 0 Å². The maximum atomic E-state index is 10.7. The summed E-state index contributed by atoms with van der Waals surface area (Å²) in [4.78, 5) is 10.7. The Bertz CT molecular complexity index is 461. The second-order valence-electron chi connectivity index (χ2n) is 3.65. The molecule has 1 aromatic carbocycles. The van der Waals surface area contributed by atoms with E-state index in [-0.39, 0.29) is 5.12 Å². The summed E-state index contributed by atoms with van der Waals surface area (Å²) >= 11 is 7.39. The zero-order chi connectivity index (χ0) is 13.5. The molecule has 0 amide bonds. The first kappa shape index (κ1) is 14.9. The van der Waals surface area contributed by atoms with Gasteiger partial charge in [0.15, 0.2) is 5.12 Å². The molecule has 0 saturated heterocycles. The number of anilines is 1. The van der Waals surface area contributed by atoms with Crippen molar-refractivity contribution in [2.75, 3.05) is 18.6 Å². The summed E-state index contributed by atoms with van der Waals surface area (Å²) in [7, 11) is 1.57. The zero-order valence-corrected chi connectivity index (χ0v) is 12.0. The van der Waals surface area contributed by atoms with Gasteiger partial charge in [0, 0.05) is 12.7 Å². The predicted octanol–water partition coefficient (Wildman–Crippen LogP) is 3.61. The molecule has 5 heteroatoms. The van der Waals surface area contributed by atoms with Crippen LogP contribution in [0, 0.1) is 0 Å². The number of nitrogen functional groups attached to an aromatic ring is 1. The lowest BCUT2D eigenvalue weighted by molar-refractivity contribution is -0.109. The van der Waals surface area contributed by atoms with Crippen LogP contribution in [-0.4, -0.2) is 18.0 Å². The molecule has 2 N–H and O–H groups in total. The fraction of sp³-hybridized carbons (Fsp3) is 0.308. The van der Waals surface area contributed by atoms with Crippen molar-refractivity contribution in [1.29, 1.82) is 0 Å². The molecular weight excluding hydrogens is 270 g/mol. The summed E-state index contributed by atoms with van der Waals surface area (Å²) in [6.07, 6.45) is 4.70. The number of carbonyl (C=O) groups excluding carboxylic acids is 1. The lowest BCUT2D eigenvalue weighted by Crippen LogP contribution is -1.93. The highest BCUT2D eigenvalue weighted by Crippen LogP contribution is 2.29. The smallest absolute Gasteiger partial charge is 0.185 e. The molecule has 0 spiro atoms. The normalized spacial score (nSPS) is 10.8. The molecule has 0 aliphatic heterocycles. The summed E-state index contributed by atoms with van der Waals surface area (Å²) in [6, 6.07) is 3.47. The Kier molecular flexibility index (Phi) is 6.09. The van der Waals surface area contributed by atoms with Crippen LogP contribution in [0.15, 0.2) is 18.2 Å². The van der Waals surface area contributed by atoms with Crippen molar-refractivity contribution in [3.63, 3.8) is 0 Å². The second kappa shape index (κ2) is 7.34. The van der Waals surface area contributed by atoms with Gasteiger partial charge in [-0.2, -0.15) is 0 Å². The first-order valence-electron chi connectivity index (χ1n) is 5.47. The van der Waals surface area contributed by atoms with Gasteiger partial charge < -0.3 is 10.5 Å². The number of allylic oxidation sites excluding steroid dienone is 1. The Hall–Kier alpha value is -1.13. The minimum Gasteiger partial charge on any atom is -0.495 e. The van der Waals surface area contributed by atoms with Crippen LogP contribution >= 0.6 is 23.4 Å². The quantitative estimate of drug-likeness (QED) is 0.663. The van der Waals surface area contributed by atoms with Gasteiger partial charge >= 0.3 is 0 Å². The third-order valence-electron chi connectivity index (χ3n) is 2.24. The maximum Gasteiger partial charge on any atom is 0.185 e. The average Bonchev–Trinajstić information content (AvgIpc) is 2.30. The van der Waals surface area contributed by atoms with E-state index in [1.165, 1.54) is 11.8 Å². The average molecular weight is 286 g/mol. The molecule has 0 radical (unpaired) electrons. The fourth-order valence-corrected chi connectivity index (χ4v) is 2.15. The number of ether oxygens (including phenoxy) is 1. The van der Waals surface area contributed by atoms with E-state index in [0.717, 1.165) is 17.7 Å². The number of rotatable bonds is 5. The molecule has 0 bridgehead atoms. The Morgan fingerprint density at radius 3 is 2.89 bits per heavy atom. The molecule has 0 saturated carbocycles. The topological polar surface area (TPSA) is 52.3 Å². The summed E-state index contributed by atoms with van der Waals surface area (Å²) in [5.41, 5.74) is 7.11. The molecule has 0 fully saturated rings. The third-order valence-corrected chi connectivity index (χ3v) is 3.41. The molecule has 1 aromatic rings. The zero-order valence-electron chi connectivity index (χ0n) is 10.4. The van der Waals surface area contributed by atoms with Gasteiger partial charge in [-0.15, -0.1) is 0 Å². The summed E-state index contributed by atoms with van der Waals surface area (Å²) in [5.74, 6) is 1.38. The van der Waals surface area contributed by atoms with Crippen LogP contribution in [0.1, 0.15) is 18.9 Å². The number of methoxy groups -OCH3 is 1. The molecule has 18 heavy (non-hydrogen) atoms. The minimum atomic E-state index is 0.135.